The zero-order chi connectivity index (χ0) is 22.9. The number of benzene rings is 3. The van der Waals surface area contributed by atoms with Crippen molar-refractivity contribution in [3.05, 3.63) is 77.6 Å². The van der Waals surface area contributed by atoms with E-state index in [9.17, 15) is 4.39 Å². The van der Waals surface area contributed by atoms with Crippen molar-refractivity contribution < 1.29 is 13.9 Å². The van der Waals surface area contributed by atoms with Crippen LogP contribution in [0.3, 0.4) is 0 Å². The van der Waals surface area contributed by atoms with Gasteiger partial charge in [0, 0.05) is 33.3 Å². The largest absolute Gasteiger partial charge is 0.496 e. The molecule has 1 aliphatic heterocycles. The molecule has 0 aromatic heterocycles. The molecular formula is C27H28FNO2S. The lowest BCUT2D eigenvalue weighted by Crippen LogP contribution is -2.32. The Bertz CT molecular complexity index is 1170. The van der Waals surface area contributed by atoms with Crippen LogP contribution in [0.2, 0.25) is 0 Å². The third-order valence-electron chi connectivity index (χ3n) is 5.64. The van der Waals surface area contributed by atoms with E-state index in [4.69, 9.17) is 9.47 Å². The fourth-order valence-electron chi connectivity index (χ4n) is 4.32. The Morgan fingerprint density at radius 2 is 1.72 bits per heavy atom. The smallest absolute Gasteiger partial charge is 0.129 e. The fraction of sp³-hybridized carbons (Fsp3) is 0.259. The summed E-state index contributed by atoms with van der Waals surface area (Å²) >= 11 is 1.70. The van der Waals surface area contributed by atoms with Crippen LogP contribution in [0, 0.1) is 5.82 Å². The molecule has 0 bridgehead atoms. The fourth-order valence-corrected chi connectivity index (χ4v) is 4.72. The number of rotatable bonds is 6. The molecule has 1 N–H and O–H groups in total. The Morgan fingerprint density at radius 3 is 2.41 bits per heavy atom. The van der Waals surface area contributed by atoms with Gasteiger partial charge in [-0.05, 0) is 80.6 Å². The molecule has 32 heavy (non-hydrogen) atoms. The maximum atomic E-state index is 13.9. The first kappa shape index (κ1) is 22.3. The molecule has 0 atom stereocenters. The van der Waals surface area contributed by atoms with Gasteiger partial charge in [0.2, 0.25) is 0 Å². The summed E-state index contributed by atoms with van der Waals surface area (Å²) in [5.41, 5.74) is 6.07. The van der Waals surface area contributed by atoms with Crippen molar-refractivity contribution in [1.82, 2.24) is 0 Å². The molecule has 0 amide bonds. The van der Waals surface area contributed by atoms with Gasteiger partial charge in [-0.15, -0.1) is 11.8 Å². The van der Waals surface area contributed by atoms with E-state index in [2.05, 4.69) is 62.7 Å². The second-order valence-corrected chi connectivity index (χ2v) is 9.38. The molecule has 5 heteroatoms. The molecule has 1 heterocycles. The highest BCUT2D eigenvalue weighted by atomic mass is 32.2. The Kier molecular flexibility index (Phi) is 6.20. The predicted octanol–water partition coefficient (Wildman–Crippen LogP) is 7.41. The van der Waals surface area contributed by atoms with E-state index in [1.54, 1.807) is 24.9 Å². The van der Waals surface area contributed by atoms with Gasteiger partial charge < -0.3 is 14.8 Å². The highest BCUT2D eigenvalue weighted by Gasteiger charge is 2.27. The summed E-state index contributed by atoms with van der Waals surface area (Å²) in [5, 5.41) is 3.61. The number of methoxy groups -OCH3 is 1. The summed E-state index contributed by atoms with van der Waals surface area (Å²) in [5.74, 6) is 0.985. The standard InChI is InChI=1S/C27H28FNO2S/c1-17-15-27(2,3)29-24-13-12-21(22-11-6-18(28)14-25(22)30-4)23(26(17)24)16-31-19-7-9-20(32-5)10-8-19/h6-15,29H,16H2,1-5H3. The van der Waals surface area contributed by atoms with Gasteiger partial charge in [0.1, 0.15) is 23.9 Å². The Morgan fingerprint density at radius 1 is 1.00 bits per heavy atom. The second-order valence-electron chi connectivity index (χ2n) is 8.50. The van der Waals surface area contributed by atoms with Crippen molar-refractivity contribution in [1.29, 1.82) is 0 Å². The van der Waals surface area contributed by atoms with Crippen molar-refractivity contribution >= 4 is 23.0 Å². The third-order valence-corrected chi connectivity index (χ3v) is 6.38. The lowest BCUT2D eigenvalue weighted by atomic mass is 9.85. The number of thioether (sulfide) groups is 1. The van der Waals surface area contributed by atoms with Gasteiger partial charge in [-0.3, -0.25) is 0 Å². The number of ether oxygens (including phenoxy) is 2. The van der Waals surface area contributed by atoms with Crippen molar-refractivity contribution in [3.63, 3.8) is 0 Å². The first-order chi connectivity index (χ1) is 15.3. The van der Waals surface area contributed by atoms with Crippen LogP contribution in [0.15, 0.2) is 65.6 Å². The third kappa shape index (κ3) is 4.49. The van der Waals surface area contributed by atoms with Crippen molar-refractivity contribution in [2.75, 3.05) is 18.7 Å². The number of nitrogens with one attached hydrogen (secondary N) is 1. The van der Waals surface area contributed by atoms with E-state index < -0.39 is 0 Å². The van der Waals surface area contributed by atoms with Crippen LogP contribution in [0.5, 0.6) is 11.5 Å². The van der Waals surface area contributed by atoms with Gasteiger partial charge in [0.05, 0.1) is 12.6 Å². The molecule has 0 spiro atoms. The molecule has 0 unspecified atom stereocenters. The van der Waals surface area contributed by atoms with Crippen LogP contribution >= 0.6 is 11.8 Å². The van der Waals surface area contributed by atoms with Crippen molar-refractivity contribution in [3.8, 4) is 22.6 Å². The SMILES string of the molecule is COc1cc(F)ccc1-c1ccc2c(c1COc1ccc(SC)cc1)C(C)=CC(C)(C)N2. The summed E-state index contributed by atoms with van der Waals surface area (Å²) in [6, 6.07) is 16.9. The molecule has 0 radical (unpaired) electrons. The molecule has 1 aliphatic rings. The van der Waals surface area contributed by atoms with Gasteiger partial charge in [-0.2, -0.15) is 0 Å². The molecule has 0 aliphatic carbocycles. The first-order valence-corrected chi connectivity index (χ1v) is 11.8. The minimum absolute atomic E-state index is 0.141. The number of hydrogen-bond donors (Lipinski definition) is 1. The van der Waals surface area contributed by atoms with Crippen LogP contribution in [0.25, 0.3) is 16.7 Å². The summed E-state index contributed by atoms with van der Waals surface area (Å²) in [7, 11) is 1.56. The zero-order valence-corrected chi connectivity index (χ0v) is 19.9. The summed E-state index contributed by atoms with van der Waals surface area (Å²) in [6.07, 6.45) is 4.29. The number of hydrogen-bond acceptors (Lipinski definition) is 4. The summed E-state index contributed by atoms with van der Waals surface area (Å²) in [6.45, 7) is 6.81. The van der Waals surface area contributed by atoms with E-state index in [1.165, 1.54) is 22.6 Å². The number of anilines is 1. The van der Waals surface area contributed by atoms with Gasteiger partial charge in [0.15, 0.2) is 0 Å². The number of allylic oxidation sites excluding steroid dienone is 1. The van der Waals surface area contributed by atoms with Crippen LogP contribution in [-0.2, 0) is 6.61 Å². The topological polar surface area (TPSA) is 30.5 Å². The maximum Gasteiger partial charge on any atom is 0.129 e. The van der Waals surface area contributed by atoms with Gasteiger partial charge in [-0.25, -0.2) is 4.39 Å². The molecule has 3 nitrogen and oxygen atoms in total. The second kappa shape index (κ2) is 8.91. The minimum Gasteiger partial charge on any atom is -0.496 e. The zero-order valence-electron chi connectivity index (χ0n) is 19.1. The van der Waals surface area contributed by atoms with Crippen molar-refractivity contribution in [2.45, 2.75) is 37.8 Å². The Labute approximate surface area is 193 Å². The van der Waals surface area contributed by atoms with Crippen LogP contribution in [0.1, 0.15) is 31.9 Å². The van der Waals surface area contributed by atoms with E-state index in [1.807, 2.05) is 12.1 Å². The molecular weight excluding hydrogens is 421 g/mol. The van der Waals surface area contributed by atoms with Crippen LogP contribution in [-0.4, -0.2) is 18.9 Å². The van der Waals surface area contributed by atoms with Gasteiger partial charge in [-0.1, -0.05) is 12.1 Å². The molecule has 0 saturated carbocycles. The lowest BCUT2D eigenvalue weighted by molar-refractivity contribution is 0.306. The number of fused-ring (bicyclic) bond motifs is 1. The quantitative estimate of drug-likeness (QED) is 0.397. The molecule has 4 rings (SSSR count). The lowest BCUT2D eigenvalue weighted by Gasteiger charge is -2.33. The van der Waals surface area contributed by atoms with Crippen LogP contribution in [0.4, 0.5) is 10.1 Å². The summed E-state index contributed by atoms with van der Waals surface area (Å²) < 4.78 is 25.6. The molecule has 3 aromatic carbocycles. The van der Waals surface area contributed by atoms with E-state index in [-0.39, 0.29) is 11.4 Å². The molecule has 0 fully saturated rings. The highest BCUT2D eigenvalue weighted by Crippen LogP contribution is 2.42. The first-order valence-electron chi connectivity index (χ1n) is 10.6. The molecule has 3 aromatic rings. The predicted molar refractivity (Wildman–Crippen MR) is 132 cm³/mol. The Hall–Kier alpha value is -2.92. The highest BCUT2D eigenvalue weighted by molar-refractivity contribution is 7.98. The maximum absolute atomic E-state index is 13.9. The average Bonchev–Trinajstić information content (AvgIpc) is 2.77. The summed E-state index contributed by atoms with van der Waals surface area (Å²) in [4.78, 5) is 1.19. The number of halogens is 1. The minimum atomic E-state index is -0.324. The Balaban J connectivity index is 1.82. The average molecular weight is 450 g/mol. The van der Waals surface area contributed by atoms with E-state index >= 15 is 0 Å². The van der Waals surface area contributed by atoms with Gasteiger partial charge >= 0.3 is 0 Å². The van der Waals surface area contributed by atoms with Crippen molar-refractivity contribution in [2.24, 2.45) is 0 Å². The van der Waals surface area contributed by atoms with Gasteiger partial charge in [0.25, 0.3) is 0 Å². The van der Waals surface area contributed by atoms with Crippen LogP contribution < -0.4 is 14.8 Å². The molecule has 0 saturated heterocycles. The normalized spacial score (nSPS) is 14.2. The molecule has 166 valence electrons. The van der Waals surface area contributed by atoms with E-state index in [0.29, 0.717) is 12.4 Å². The monoisotopic (exact) mass is 449 g/mol. The van der Waals surface area contributed by atoms with E-state index in [0.717, 1.165) is 33.7 Å².